The molecule has 2 fully saturated rings. The van der Waals surface area contributed by atoms with Gasteiger partial charge in [-0.25, -0.2) is 0 Å². The molecule has 68 valence electrons. The third-order valence-electron chi connectivity index (χ3n) is 2.74. The zero-order chi connectivity index (χ0) is 8.72. The summed E-state index contributed by atoms with van der Waals surface area (Å²) in [4.78, 5) is 13.4. The van der Waals surface area contributed by atoms with E-state index in [1.54, 1.807) is 0 Å². The molecule has 2 rings (SSSR count). The monoisotopic (exact) mass is 170 g/mol. The van der Waals surface area contributed by atoms with E-state index in [0.717, 1.165) is 13.1 Å². The van der Waals surface area contributed by atoms with Crippen molar-refractivity contribution in [3.8, 4) is 0 Å². The highest BCUT2D eigenvalue weighted by molar-refractivity contribution is 5.86. The summed E-state index contributed by atoms with van der Waals surface area (Å²) in [5, 5.41) is 12.7. The van der Waals surface area contributed by atoms with Crippen molar-refractivity contribution in [2.45, 2.75) is 25.7 Å². The summed E-state index contributed by atoms with van der Waals surface area (Å²) in [5.41, 5.74) is 0. The summed E-state index contributed by atoms with van der Waals surface area (Å²) in [7, 11) is 0. The first-order chi connectivity index (χ1) is 5.70. The summed E-state index contributed by atoms with van der Waals surface area (Å²) in [6.45, 7) is 3.47. The molecular formula is C8H14N2O2. The van der Waals surface area contributed by atoms with E-state index in [4.69, 9.17) is 0 Å². The second-order valence-corrected chi connectivity index (χ2v) is 3.61. The summed E-state index contributed by atoms with van der Waals surface area (Å²) >= 11 is 0. The predicted octanol–water partition coefficient (Wildman–Crippen LogP) is -0.855. The van der Waals surface area contributed by atoms with Gasteiger partial charge in [0.05, 0.1) is 0 Å². The van der Waals surface area contributed by atoms with Gasteiger partial charge in [-0.3, -0.25) is 15.0 Å². The molecule has 0 bridgehead atoms. The maximum absolute atomic E-state index is 11.5. The molecule has 0 aromatic rings. The first kappa shape index (κ1) is 8.16. The Hall–Kier alpha value is -0.450. The molecule has 2 N–H and O–H groups in total. The van der Waals surface area contributed by atoms with E-state index in [1.807, 2.05) is 11.8 Å². The first-order valence-electron chi connectivity index (χ1n) is 4.41. The number of nitrogens with one attached hydrogen (secondary N) is 1. The van der Waals surface area contributed by atoms with Crippen LogP contribution in [-0.2, 0) is 4.79 Å². The zero-order valence-electron chi connectivity index (χ0n) is 7.16. The summed E-state index contributed by atoms with van der Waals surface area (Å²) in [6.07, 6.45) is -0.0711. The fourth-order valence-electron chi connectivity index (χ4n) is 2.00. The number of aliphatic hydroxyl groups excluding tert-OH is 1. The van der Waals surface area contributed by atoms with Crippen molar-refractivity contribution in [1.29, 1.82) is 0 Å². The second-order valence-electron chi connectivity index (χ2n) is 3.61. The van der Waals surface area contributed by atoms with Crippen LogP contribution in [0.5, 0.6) is 0 Å². The molecule has 0 spiro atoms. The van der Waals surface area contributed by atoms with E-state index in [1.165, 1.54) is 0 Å². The number of aliphatic hydroxyl groups is 1. The fraction of sp³-hybridized carbons (Fsp3) is 0.875. The van der Waals surface area contributed by atoms with Crippen LogP contribution in [-0.4, -0.2) is 41.3 Å². The van der Waals surface area contributed by atoms with Crippen molar-refractivity contribution in [3.63, 3.8) is 0 Å². The van der Waals surface area contributed by atoms with Crippen LogP contribution in [0.2, 0.25) is 0 Å². The molecular weight excluding hydrogens is 156 g/mol. The van der Waals surface area contributed by atoms with Crippen LogP contribution >= 0.6 is 0 Å². The number of nitrogens with zero attached hydrogens (tertiary/aromatic N) is 1. The lowest BCUT2D eigenvalue weighted by Crippen LogP contribution is -2.54. The van der Waals surface area contributed by atoms with Crippen LogP contribution < -0.4 is 5.32 Å². The molecule has 0 aromatic heterocycles. The van der Waals surface area contributed by atoms with Gasteiger partial charge in [-0.2, -0.15) is 0 Å². The molecule has 12 heavy (non-hydrogen) atoms. The first-order valence-corrected chi connectivity index (χ1v) is 4.41. The largest absolute Gasteiger partial charge is 0.378 e. The number of hydrogen-bond acceptors (Lipinski definition) is 4. The Morgan fingerprint density at radius 3 is 3.17 bits per heavy atom. The van der Waals surface area contributed by atoms with Gasteiger partial charge in [-0.15, -0.1) is 0 Å². The Morgan fingerprint density at radius 1 is 1.67 bits per heavy atom. The minimum atomic E-state index is -0.433. The summed E-state index contributed by atoms with van der Waals surface area (Å²) < 4.78 is 0. The average molecular weight is 170 g/mol. The van der Waals surface area contributed by atoms with Gasteiger partial charge in [0, 0.05) is 19.0 Å². The smallest absolute Gasteiger partial charge is 0.167 e. The Bertz CT molecular complexity index is 207. The predicted molar refractivity (Wildman–Crippen MR) is 43.3 cm³/mol. The lowest BCUT2D eigenvalue weighted by Gasteiger charge is -2.35. The number of fused-ring (bicyclic) bond motifs is 1. The van der Waals surface area contributed by atoms with Gasteiger partial charge in [0.15, 0.2) is 5.78 Å². The molecule has 2 saturated heterocycles. The number of hydrogen-bond donors (Lipinski definition) is 2. The van der Waals surface area contributed by atoms with Crippen molar-refractivity contribution in [1.82, 2.24) is 10.2 Å². The Balaban J connectivity index is 2.17. The van der Waals surface area contributed by atoms with Crippen LogP contribution in [0.1, 0.15) is 13.3 Å². The fourth-order valence-corrected chi connectivity index (χ4v) is 2.00. The third kappa shape index (κ3) is 1.07. The van der Waals surface area contributed by atoms with Gasteiger partial charge < -0.3 is 5.11 Å². The van der Waals surface area contributed by atoms with Gasteiger partial charge in [-0.05, 0) is 6.42 Å². The highest BCUT2D eigenvalue weighted by Crippen LogP contribution is 2.23. The lowest BCUT2D eigenvalue weighted by molar-refractivity contribution is -0.141. The molecule has 2 heterocycles. The highest BCUT2D eigenvalue weighted by Gasteiger charge is 2.41. The van der Waals surface area contributed by atoms with Crippen molar-refractivity contribution in [2.75, 3.05) is 13.1 Å². The number of ketones is 1. The van der Waals surface area contributed by atoms with E-state index < -0.39 is 6.23 Å². The Labute approximate surface area is 71.5 Å². The minimum Gasteiger partial charge on any atom is -0.378 e. The van der Waals surface area contributed by atoms with Crippen LogP contribution in [0.3, 0.4) is 0 Å². The molecule has 0 amide bonds. The van der Waals surface area contributed by atoms with Gasteiger partial charge in [0.1, 0.15) is 12.4 Å². The van der Waals surface area contributed by atoms with Crippen LogP contribution in [0.15, 0.2) is 0 Å². The quantitative estimate of drug-likeness (QED) is 0.497. The number of carbonyl (C=O) groups excluding carboxylic acids is 1. The van der Waals surface area contributed by atoms with Gasteiger partial charge in [0.25, 0.3) is 0 Å². The molecule has 0 aliphatic carbocycles. The van der Waals surface area contributed by atoms with E-state index in [0.29, 0.717) is 6.42 Å². The van der Waals surface area contributed by atoms with Crippen molar-refractivity contribution >= 4 is 5.78 Å². The van der Waals surface area contributed by atoms with Crippen molar-refractivity contribution in [2.24, 2.45) is 5.92 Å². The van der Waals surface area contributed by atoms with E-state index >= 15 is 0 Å². The van der Waals surface area contributed by atoms with E-state index in [2.05, 4.69) is 5.32 Å². The molecule has 3 unspecified atom stereocenters. The molecule has 2 aliphatic heterocycles. The number of carbonyl (C=O) groups is 1. The van der Waals surface area contributed by atoms with Gasteiger partial charge in [-0.1, -0.05) is 6.92 Å². The minimum absolute atomic E-state index is 0.00755. The molecule has 4 nitrogen and oxygen atoms in total. The third-order valence-corrected chi connectivity index (χ3v) is 2.74. The maximum atomic E-state index is 11.5. The SMILES string of the molecule is CC1CC(O)N2CCNC2C1=O. The lowest BCUT2D eigenvalue weighted by atomic mass is 9.94. The van der Waals surface area contributed by atoms with Crippen molar-refractivity contribution in [3.05, 3.63) is 0 Å². The molecule has 0 radical (unpaired) electrons. The van der Waals surface area contributed by atoms with Crippen molar-refractivity contribution < 1.29 is 9.90 Å². The van der Waals surface area contributed by atoms with Crippen LogP contribution in [0.4, 0.5) is 0 Å². The zero-order valence-corrected chi connectivity index (χ0v) is 7.16. The maximum Gasteiger partial charge on any atom is 0.167 e. The molecule has 2 aliphatic rings. The van der Waals surface area contributed by atoms with Gasteiger partial charge in [0.2, 0.25) is 0 Å². The summed E-state index contributed by atoms with van der Waals surface area (Å²) in [6, 6.07) is 0. The van der Waals surface area contributed by atoms with Gasteiger partial charge >= 0.3 is 0 Å². The standard InChI is InChI=1S/C8H14N2O2/c1-5-4-6(11)10-3-2-9-8(10)7(5)12/h5-6,8-9,11H,2-4H2,1H3. The van der Waals surface area contributed by atoms with E-state index in [9.17, 15) is 9.90 Å². The number of rotatable bonds is 0. The normalized spacial score (nSPS) is 43.2. The number of Topliss-reactive ketones (excluding diaryl/α,β-unsaturated/α-hetero) is 1. The molecule has 4 heteroatoms. The van der Waals surface area contributed by atoms with Crippen LogP contribution in [0.25, 0.3) is 0 Å². The Kier molecular flexibility index (Phi) is 1.90. The molecule has 0 saturated carbocycles. The topological polar surface area (TPSA) is 52.6 Å². The average Bonchev–Trinajstić information content (AvgIpc) is 2.48. The second kappa shape index (κ2) is 2.80. The van der Waals surface area contributed by atoms with E-state index in [-0.39, 0.29) is 17.9 Å². The highest BCUT2D eigenvalue weighted by atomic mass is 16.3. The summed E-state index contributed by atoms with van der Waals surface area (Å²) in [5.74, 6) is 0.213. The molecule has 3 atom stereocenters. The Morgan fingerprint density at radius 2 is 2.42 bits per heavy atom. The molecule has 0 aromatic carbocycles. The van der Waals surface area contributed by atoms with Crippen LogP contribution in [0, 0.1) is 5.92 Å². The number of piperidine rings is 1.